The molecular weight excluding hydrogens is 313 g/mol. The molecule has 0 saturated heterocycles. The molecule has 0 aliphatic rings. The van der Waals surface area contributed by atoms with E-state index < -0.39 is 5.82 Å². The Morgan fingerprint density at radius 1 is 1.21 bits per heavy atom. The number of halogens is 2. The molecule has 0 spiro atoms. The molecule has 2 aromatic carbocycles. The van der Waals surface area contributed by atoms with Crippen LogP contribution in [0.3, 0.4) is 0 Å². The van der Waals surface area contributed by atoms with Gasteiger partial charge >= 0.3 is 0 Å². The fourth-order valence-electron chi connectivity index (χ4n) is 1.54. The van der Waals surface area contributed by atoms with Gasteiger partial charge in [-0.2, -0.15) is 0 Å². The van der Waals surface area contributed by atoms with Crippen LogP contribution in [-0.2, 0) is 6.61 Å². The van der Waals surface area contributed by atoms with E-state index >= 15 is 0 Å². The highest BCUT2D eigenvalue weighted by atomic mass is 79.9. The first-order chi connectivity index (χ1) is 9.10. The van der Waals surface area contributed by atoms with Crippen molar-refractivity contribution >= 4 is 27.5 Å². The zero-order valence-electron chi connectivity index (χ0n) is 9.86. The summed E-state index contributed by atoms with van der Waals surface area (Å²) in [5.74, 6) is -0.764. The molecule has 2 aromatic rings. The topological polar surface area (TPSA) is 49.3 Å². The van der Waals surface area contributed by atoms with Crippen molar-refractivity contribution in [2.24, 2.45) is 0 Å². The summed E-state index contributed by atoms with van der Waals surface area (Å²) in [5, 5.41) is 11.5. The minimum Gasteiger partial charge on any atom is -0.392 e. The number of carbonyl (C=O) groups excluding carboxylic acids is 1. The van der Waals surface area contributed by atoms with Gasteiger partial charge in [0.1, 0.15) is 5.82 Å². The molecule has 1 amide bonds. The number of rotatable bonds is 3. The van der Waals surface area contributed by atoms with Crippen LogP contribution in [0.2, 0.25) is 0 Å². The lowest BCUT2D eigenvalue weighted by Gasteiger charge is -2.06. The Kier molecular flexibility index (Phi) is 4.29. The molecule has 0 bridgehead atoms. The third-order valence-electron chi connectivity index (χ3n) is 2.58. The van der Waals surface area contributed by atoms with Crippen molar-refractivity contribution in [2.45, 2.75) is 6.61 Å². The molecule has 0 unspecified atom stereocenters. The van der Waals surface area contributed by atoms with E-state index in [1.165, 1.54) is 12.1 Å². The third kappa shape index (κ3) is 3.39. The molecule has 0 fully saturated rings. The Morgan fingerprint density at radius 2 is 1.89 bits per heavy atom. The number of aliphatic hydroxyl groups excluding tert-OH is 1. The molecule has 98 valence electrons. The SMILES string of the molecule is O=C(Nc1ccc(Br)c(F)c1)c1ccc(CO)cc1. The first kappa shape index (κ1) is 13.7. The lowest BCUT2D eigenvalue weighted by atomic mass is 10.1. The van der Waals surface area contributed by atoms with Gasteiger partial charge in [-0.25, -0.2) is 4.39 Å². The highest BCUT2D eigenvalue weighted by Gasteiger charge is 2.07. The Bertz CT molecular complexity index is 599. The summed E-state index contributed by atoms with van der Waals surface area (Å²) in [6.07, 6.45) is 0. The van der Waals surface area contributed by atoms with Crippen LogP contribution in [0.1, 0.15) is 15.9 Å². The smallest absolute Gasteiger partial charge is 0.255 e. The monoisotopic (exact) mass is 323 g/mol. The molecule has 0 aromatic heterocycles. The fourth-order valence-corrected chi connectivity index (χ4v) is 1.79. The number of anilines is 1. The maximum atomic E-state index is 13.3. The summed E-state index contributed by atoms with van der Waals surface area (Å²) in [7, 11) is 0. The van der Waals surface area contributed by atoms with E-state index in [4.69, 9.17) is 5.11 Å². The van der Waals surface area contributed by atoms with Gasteiger partial charge in [-0.05, 0) is 51.8 Å². The van der Waals surface area contributed by atoms with Crippen molar-refractivity contribution in [2.75, 3.05) is 5.32 Å². The number of hydrogen-bond donors (Lipinski definition) is 2. The summed E-state index contributed by atoms with van der Waals surface area (Å²) in [4.78, 5) is 11.9. The van der Waals surface area contributed by atoms with E-state index in [9.17, 15) is 9.18 Å². The molecule has 2 rings (SSSR count). The van der Waals surface area contributed by atoms with Crippen molar-refractivity contribution in [1.82, 2.24) is 0 Å². The molecule has 0 heterocycles. The van der Waals surface area contributed by atoms with Crippen LogP contribution in [0.25, 0.3) is 0 Å². The van der Waals surface area contributed by atoms with E-state index in [1.54, 1.807) is 30.3 Å². The number of aliphatic hydroxyl groups is 1. The normalized spacial score (nSPS) is 10.3. The van der Waals surface area contributed by atoms with Gasteiger partial charge in [0.25, 0.3) is 5.91 Å². The molecule has 0 atom stereocenters. The van der Waals surface area contributed by atoms with Gasteiger partial charge in [0, 0.05) is 11.3 Å². The molecule has 19 heavy (non-hydrogen) atoms. The van der Waals surface area contributed by atoms with Crippen molar-refractivity contribution in [1.29, 1.82) is 0 Å². The van der Waals surface area contributed by atoms with E-state index in [0.29, 0.717) is 15.7 Å². The maximum Gasteiger partial charge on any atom is 0.255 e. The Morgan fingerprint density at radius 3 is 2.47 bits per heavy atom. The molecular formula is C14H11BrFNO2. The van der Waals surface area contributed by atoms with Crippen molar-refractivity contribution < 1.29 is 14.3 Å². The molecule has 0 aliphatic heterocycles. The molecule has 0 aliphatic carbocycles. The van der Waals surface area contributed by atoms with Gasteiger partial charge in [0.2, 0.25) is 0 Å². The van der Waals surface area contributed by atoms with E-state index in [-0.39, 0.29) is 12.5 Å². The zero-order chi connectivity index (χ0) is 13.8. The zero-order valence-corrected chi connectivity index (χ0v) is 11.4. The van der Waals surface area contributed by atoms with Gasteiger partial charge in [-0.1, -0.05) is 12.1 Å². The lowest BCUT2D eigenvalue weighted by molar-refractivity contribution is 0.102. The predicted octanol–water partition coefficient (Wildman–Crippen LogP) is 3.33. The average molecular weight is 324 g/mol. The van der Waals surface area contributed by atoms with Gasteiger partial charge in [0.05, 0.1) is 11.1 Å². The number of carbonyl (C=O) groups is 1. The largest absolute Gasteiger partial charge is 0.392 e. The van der Waals surface area contributed by atoms with Crippen molar-refractivity contribution in [3.05, 3.63) is 63.9 Å². The van der Waals surface area contributed by atoms with Gasteiger partial charge in [0.15, 0.2) is 0 Å². The van der Waals surface area contributed by atoms with E-state index in [1.807, 2.05) is 0 Å². The first-order valence-corrected chi connectivity index (χ1v) is 6.35. The average Bonchev–Trinajstić information content (AvgIpc) is 2.43. The second kappa shape index (κ2) is 5.95. The molecule has 5 heteroatoms. The number of amides is 1. The van der Waals surface area contributed by atoms with Crippen molar-refractivity contribution in [3.63, 3.8) is 0 Å². The highest BCUT2D eigenvalue weighted by molar-refractivity contribution is 9.10. The number of benzene rings is 2. The third-order valence-corrected chi connectivity index (χ3v) is 3.22. The predicted molar refractivity (Wildman–Crippen MR) is 74.4 cm³/mol. The van der Waals surface area contributed by atoms with Crippen LogP contribution in [0.5, 0.6) is 0 Å². The molecule has 0 saturated carbocycles. The minimum atomic E-state index is -0.437. The summed E-state index contributed by atoms with van der Waals surface area (Å²) >= 11 is 3.04. The van der Waals surface area contributed by atoms with Crippen LogP contribution in [0, 0.1) is 5.82 Å². The highest BCUT2D eigenvalue weighted by Crippen LogP contribution is 2.19. The molecule has 2 N–H and O–H groups in total. The quantitative estimate of drug-likeness (QED) is 0.910. The van der Waals surface area contributed by atoms with E-state index in [0.717, 1.165) is 5.56 Å². The first-order valence-electron chi connectivity index (χ1n) is 5.56. The molecule has 0 radical (unpaired) electrons. The van der Waals surface area contributed by atoms with Crippen LogP contribution in [0.15, 0.2) is 46.9 Å². The Balaban J connectivity index is 2.13. The molecule has 3 nitrogen and oxygen atoms in total. The summed E-state index contributed by atoms with van der Waals surface area (Å²) in [6.45, 7) is -0.0696. The van der Waals surface area contributed by atoms with Gasteiger partial charge in [-0.15, -0.1) is 0 Å². The lowest BCUT2D eigenvalue weighted by Crippen LogP contribution is -2.12. The number of hydrogen-bond acceptors (Lipinski definition) is 2. The van der Waals surface area contributed by atoms with Crippen LogP contribution in [0.4, 0.5) is 10.1 Å². The Labute approximate surface area is 118 Å². The van der Waals surface area contributed by atoms with Gasteiger partial charge in [-0.3, -0.25) is 4.79 Å². The number of nitrogens with one attached hydrogen (secondary N) is 1. The fraction of sp³-hybridized carbons (Fsp3) is 0.0714. The summed E-state index contributed by atoms with van der Waals surface area (Å²) in [5.41, 5.74) is 1.56. The Hall–Kier alpha value is -1.72. The van der Waals surface area contributed by atoms with E-state index in [2.05, 4.69) is 21.2 Å². The second-order valence-electron chi connectivity index (χ2n) is 3.94. The van der Waals surface area contributed by atoms with Gasteiger partial charge < -0.3 is 10.4 Å². The second-order valence-corrected chi connectivity index (χ2v) is 4.79. The van der Waals surface area contributed by atoms with Crippen LogP contribution in [-0.4, -0.2) is 11.0 Å². The summed E-state index contributed by atoms with van der Waals surface area (Å²) in [6, 6.07) is 10.9. The van der Waals surface area contributed by atoms with Crippen LogP contribution < -0.4 is 5.32 Å². The van der Waals surface area contributed by atoms with Crippen LogP contribution >= 0.6 is 15.9 Å². The minimum absolute atomic E-state index is 0.0696. The maximum absolute atomic E-state index is 13.3. The van der Waals surface area contributed by atoms with Crippen molar-refractivity contribution in [3.8, 4) is 0 Å². The summed E-state index contributed by atoms with van der Waals surface area (Å²) < 4.78 is 13.7. The standard InChI is InChI=1S/C14H11BrFNO2/c15-12-6-5-11(7-13(12)16)17-14(19)10-3-1-9(8-18)2-4-10/h1-7,18H,8H2,(H,17,19).